The average Bonchev–Trinajstić information content (AvgIpc) is 2.48. The van der Waals surface area contributed by atoms with Gasteiger partial charge in [0.25, 0.3) is 0 Å². The molecule has 0 unspecified atom stereocenters. The maximum absolute atomic E-state index is 3.61. The summed E-state index contributed by atoms with van der Waals surface area (Å²) in [7, 11) is 0. The molecule has 0 fully saturated rings. The second kappa shape index (κ2) is 11.4. The van der Waals surface area contributed by atoms with Gasteiger partial charge >= 0.3 is 0 Å². The van der Waals surface area contributed by atoms with Crippen LogP contribution in [0.5, 0.6) is 0 Å². The van der Waals surface area contributed by atoms with Gasteiger partial charge in [0.2, 0.25) is 0 Å². The average molecular weight is 160 g/mol. The molecule has 0 atom stereocenters. The summed E-state index contributed by atoms with van der Waals surface area (Å²) >= 11 is 1.42. The van der Waals surface area contributed by atoms with Crippen LogP contribution in [0.2, 0.25) is 0 Å². The van der Waals surface area contributed by atoms with E-state index in [-0.39, 0.29) is 0 Å². The molecule has 0 N–H and O–H groups in total. The highest BCUT2D eigenvalue weighted by atomic mass is 32.1. The fourth-order valence-corrected chi connectivity index (χ4v) is 0.534. The molecule has 0 aliphatic carbocycles. The van der Waals surface area contributed by atoms with Gasteiger partial charge in [-0.05, 0) is 18.5 Å². The molecule has 0 amide bonds. The van der Waals surface area contributed by atoms with Gasteiger partial charge in [0.1, 0.15) is 0 Å². The second-order valence-corrected chi connectivity index (χ2v) is 2.02. The van der Waals surface area contributed by atoms with Crippen LogP contribution in [0.4, 0.5) is 0 Å². The van der Waals surface area contributed by atoms with E-state index in [1.54, 1.807) is 6.20 Å². The van der Waals surface area contributed by atoms with Gasteiger partial charge in [-0.2, -0.15) is 0 Å². The normalized spacial score (nSPS) is 6.50. The summed E-state index contributed by atoms with van der Waals surface area (Å²) < 4.78 is 3.61. The molecule has 1 heterocycles. The van der Waals surface area contributed by atoms with Crippen molar-refractivity contribution in [2.45, 2.75) is 34.6 Å². The van der Waals surface area contributed by atoms with Crippen LogP contribution in [0.15, 0.2) is 6.20 Å². The number of hydrogen-bond donors (Lipinski definition) is 0. The molecule has 3 heteroatoms. The number of nitrogens with zero attached hydrogens (tertiary/aromatic N) is 2. The van der Waals surface area contributed by atoms with Crippen LogP contribution >= 0.6 is 11.5 Å². The highest BCUT2D eigenvalue weighted by Gasteiger charge is 1.78. The first-order valence-corrected chi connectivity index (χ1v) is 4.41. The van der Waals surface area contributed by atoms with Crippen molar-refractivity contribution in [3.05, 3.63) is 11.1 Å². The molecule has 1 aromatic heterocycles. The van der Waals surface area contributed by atoms with Crippen LogP contribution in [0.1, 0.15) is 32.6 Å². The van der Waals surface area contributed by atoms with Crippen molar-refractivity contribution in [1.82, 2.24) is 9.59 Å². The zero-order valence-corrected chi connectivity index (χ0v) is 8.20. The van der Waals surface area contributed by atoms with Crippen LogP contribution in [0.3, 0.4) is 0 Å². The Balaban J connectivity index is 0. The summed E-state index contributed by atoms with van der Waals surface area (Å²) in [6, 6.07) is 0. The summed E-state index contributed by atoms with van der Waals surface area (Å²) in [5, 5.41) is 3.59. The maximum atomic E-state index is 3.61. The minimum atomic E-state index is 1.16. The minimum Gasteiger partial charge on any atom is -0.146 e. The largest absolute Gasteiger partial charge is 0.146 e. The summed E-state index contributed by atoms with van der Waals surface area (Å²) in [4.78, 5) is 1.16. The summed E-state index contributed by atoms with van der Waals surface area (Å²) in [6.45, 7) is 9.98. The monoisotopic (exact) mass is 160 g/mol. The van der Waals surface area contributed by atoms with Crippen molar-refractivity contribution in [2.24, 2.45) is 0 Å². The lowest BCUT2D eigenvalue weighted by Crippen LogP contribution is -1.52. The zero-order chi connectivity index (χ0) is 8.41. The maximum Gasteiger partial charge on any atom is 0.0650 e. The lowest BCUT2D eigenvalue weighted by Gasteiger charge is -1.60. The first kappa shape index (κ1) is 12.3. The van der Waals surface area contributed by atoms with Crippen molar-refractivity contribution < 1.29 is 0 Å². The molecular formula is C7H16N2S. The van der Waals surface area contributed by atoms with E-state index in [1.807, 2.05) is 34.6 Å². The number of aryl methyl sites for hydroxylation is 1. The Morgan fingerprint density at radius 1 is 1.20 bits per heavy atom. The van der Waals surface area contributed by atoms with E-state index in [4.69, 9.17) is 0 Å². The number of rotatable bonds is 0. The summed E-state index contributed by atoms with van der Waals surface area (Å²) in [5.74, 6) is 0. The third-order valence-corrected chi connectivity index (χ3v) is 1.04. The molecule has 10 heavy (non-hydrogen) atoms. The van der Waals surface area contributed by atoms with Gasteiger partial charge in [-0.15, -0.1) is 5.10 Å². The van der Waals surface area contributed by atoms with E-state index in [9.17, 15) is 0 Å². The van der Waals surface area contributed by atoms with Crippen LogP contribution in [-0.4, -0.2) is 9.59 Å². The van der Waals surface area contributed by atoms with E-state index in [1.165, 1.54) is 11.5 Å². The van der Waals surface area contributed by atoms with E-state index in [2.05, 4.69) is 9.59 Å². The predicted molar refractivity (Wildman–Crippen MR) is 47.3 cm³/mol. The Morgan fingerprint density at radius 3 is 1.80 bits per heavy atom. The highest BCUT2D eigenvalue weighted by Crippen LogP contribution is 1.94. The van der Waals surface area contributed by atoms with Crippen molar-refractivity contribution in [1.29, 1.82) is 0 Å². The van der Waals surface area contributed by atoms with Crippen LogP contribution in [0, 0.1) is 6.92 Å². The molecular weight excluding hydrogens is 144 g/mol. The molecule has 0 radical (unpaired) electrons. The third kappa shape index (κ3) is 7.56. The molecule has 0 saturated heterocycles. The van der Waals surface area contributed by atoms with Gasteiger partial charge in [0.05, 0.1) is 6.20 Å². The second-order valence-electron chi connectivity index (χ2n) is 1.03. The highest BCUT2D eigenvalue weighted by molar-refractivity contribution is 7.05. The minimum absolute atomic E-state index is 1.16. The molecule has 1 aromatic rings. The molecule has 60 valence electrons. The van der Waals surface area contributed by atoms with Crippen molar-refractivity contribution in [2.75, 3.05) is 0 Å². The Hall–Kier alpha value is -0.440. The summed E-state index contributed by atoms with van der Waals surface area (Å²) in [5.41, 5.74) is 0. The molecule has 0 aliphatic rings. The topological polar surface area (TPSA) is 25.8 Å². The lowest BCUT2D eigenvalue weighted by atomic mass is 10.7. The molecule has 2 nitrogen and oxygen atoms in total. The Bertz CT molecular complexity index is 115. The van der Waals surface area contributed by atoms with Gasteiger partial charge in [-0.1, -0.05) is 32.2 Å². The smallest absolute Gasteiger partial charge is 0.0650 e. The van der Waals surface area contributed by atoms with Gasteiger partial charge in [-0.25, -0.2) is 0 Å². The third-order valence-electron chi connectivity index (χ3n) is 0.471. The fourth-order valence-electron chi connectivity index (χ4n) is 0.216. The molecule has 0 aromatic carbocycles. The van der Waals surface area contributed by atoms with Crippen LogP contribution in [0.25, 0.3) is 0 Å². The molecule has 1 rings (SSSR count). The lowest BCUT2D eigenvalue weighted by molar-refractivity contribution is 1.15. The number of hydrogen-bond acceptors (Lipinski definition) is 3. The van der Waals surface area contributed by atoms with Gasteiger partial charge in [0, 0.05) is 4.88 Å². The molecule has 0 saturated carbocycles. The fraction of sp³-hybridized carbons (Fsp3) is 0.714. The SMILES string of the molecule is CC.CC.Cc1cnns1. The predicted octanol–water partition coefficient (Wildman–Crippen LogP) is 2.90. The van der Waals surface area contributed by atoms with Crippen LogP contribution < -0.4 is 0 Å². The first-order chi connectivity index (χ1) is 4.89. The van der Waals surface area contributed by atoms with E-state index >= 15 is 0 Å². The van der Waals surface area contributed by atoms with Crippen LogP contribution in [-0.2, 0) is 0 Å². The molecule has 0 aliphatic heterocycles. The Morgan fingerprint density at radius 2 is 1.70 bits per heavy atom. The first-order valence-electron chi connectivity index (χ1n) is 3.63. The van der Waals surface area contributed by atoms with Crippen molar-refractivity contribution >= 4 is 11.5 Å². The van der Waals surface area contributed by atoms with E-state index in [0.717, 1.165) is 4.88 Å². The number of aromatic nitrogens is 2. The van der Waals surface area contributed by atoms with Gasteiger partial charge in [0.15, 0.2) is 0 Å². The van der Waals surface area contributed by atoms with Gasteiger partial charge in [-0.3, -0.25) is 0 Å². The standard InChI is InChI=1S/C3H4N2S.2C2H6/c1-3-2-4-5-6-3;2*1-2/h2H,1H3;2*1-2H3. The van der Waals surface area contributed by atoms with E-state index in [0.29, 0.717) is 0 Å². The van der Waals surface area contributed by atoms with E-state index < -0.39 is 0 Å². The quantitative estimate of drug-likeness (QED) is 0.583. The molecule has 0 spiro atoms. The summed E-state index contributed by atoms with van der Waals surface area (Å²) in [6.07, 6.45) is 1.74. The van der Waals surface area contributed by atoms with Gasteiger partial charge < -0.3 is 0 Å². The Kier molecular flexibility index (Phi) is 13.9. The Labute approximate surface area is 67.5 Å². The van der Waals surface area contributed by atoms with Crippen molar-refractivity contribution in [3.8, 4) is 0 Å². The molecule has 0 bridgehead atoms. The van der Waals surface area contributed by atoms with Crippen molar-refractivity contribution in [3.63, 3.8) is 0 Å². The zero-order valence-electron chi connectivity index (χ0n) is 7.38.